The Hall–Kier alpha value is -2.48. The maximum absolute atomic E-state index is 14.6. The molecule has 2 rings (SSSR count). The first-order valence-corrected chi connectivity index (χ1v) is 9.10. The van der Waals surface area contributed by atoms with Crippen molar-refractivity contribution in [3.05, 3.63) is 95.6 Å². The second-order valence-electron chi connectivity index (χ2n) is 6.44. The summed E-state index contributed by atoms with van der Waals surface area (Å²) in [5.41, 5.74) is 3.54. The zero-order valence-electron chi connectivity index (χ0n) is 15.6. The second kappa shape index (κ2) is 9.28. The minimum Gasteiger partial charge on any atom is -0.203 e. The van der Waals surface area contributed by atoms with Crippen LogP contribution in [0.3, 0.4) is 0 Å². The summed E-state index contributed by atoms with van der Waals surface area (Å²) >= 11 is 0. The molecule has 0 spiro atoms. The normalized spacial score (nSPS) is 11.8. The zero-order chi connectivity index (χ0) is 19.1. The first-order valence-electron chi connectivity index (χ1n) is 9.10. The molecule has 2 aromatic carbocycles. The minimum absolute atomic E-state index is 0.0332. The van der Waals surface area contributed by atoms with Gasteiger partial charge in [0.15, 0.2) is 11.7 Å². The van der Waals surface area contributed by atoms with E-state index in [2.05, 4.69) is 20.1 Å². The quantitative estimate of drug-likeness (QED) is 0.432. The average molecular weight is 352 g/mol. The third-order valence-corrected chi connectivity index (χ3v) is 4.55. The smallest absolute Gasteiger partial charge is 0.166 e. The Morgan fingerprint density at radius 1 is 0.731 bits per heavy atom. The Kier molecular flexibility index (Phi) is 7.08. The van der Waals surface area contributed by atoms with Crippen molar-refractivity contribution in [2.45, 2.75) is 39.5 Å². The number of benzene rings is 2. The molecule has 0 aromatic heterocycles. The van der Waals surface area contributed by atoms with Gasteiger partial charge in [0.25, 0.3) is 0 Å². The van der Waals surface area contributed by atoms with E-state index in [1.807, 2.05) is 31.2 Å². The van der Waals surface area contributed by atoms with Gasteiger partial charge in [-0.15, -0.1) is 0 Å². The molecule has 0 nitrogen and oxygen atoms in total. The van der Waals surface area contributed by atoms with Crippen molar-refractivity contribution in [3.8, 4) is 0 Å². The second-order valence-corrected chi connectivity index (χ2v) is 6.44. The van der Waals surface area contributed by atoms with Gasteiger partial charge in [-0.25, -0.2) is 8.78 Å². The van der Waals surface area contributed by atoms with Gasteiger partial charge in [0.05, 0.1) is 0 Å². The lowest BCUT2D eigenvalue weighted by Crippen LogP contribution is -1.92. The summed E-state index contributed by atoms with van der Waals surface area (Å²) < 4.78 is 29.2. The van der Waals surface area contributed by atoms with E-state index >= 15 is 0 Å². The topological polar surface area (TPSA) is 0 Å². The van der Waals surface area contributed by atoms with Crippen LogP contribution in [0.25, 0.3) is 11.1 Å². The predicted octanol–water partition coefficient (Wildman–Crippen LogP) is 7.47. The lowest BCUT2D eigenvalue weighted by Gasteiger charge is -2.09. The van der Waals surface area contributed by atoms with Crippen LogP contribution in [0.2, 0.25) is 0 Å². The summed E-state index contributed by atoms with van der Waals surface area (Å²) in [6, 6.07) is 14.8. The molecule has 0 heterocycles. The van der Waals surface area contributed by atoms with E-state index in [1.165, 1.54) is 5.56 Å². The molecule has 0 aliphatic carbocycles. The molecule has 0 atom stereocenters. The van der Waals surface area contributed by atoms with Crippen molar-refractivity contribution >= 4 is 11.1 Å². The molecular weight excluding hydrogens is 326 g/mol. The standard InChI is InChI=1S/C24H26F2/c1-5-7-8-20-11-15-22(16-12-20)18(4)24(26)23(25)17(3)21-13-9-19(6-2)10-14-21/h9-16H,3-8H2,1-2H3/b24-23-. The summed E-state index contributed by atoms with van der Waals surface area (Å²) in [7, 11) is 0. The number of hydrogen-bond acceptors (Lipinski definition) is 0. The molecule has 0 saturated carbocycles. The Bertz CT molecular complexity index is 793. The van der Waals surface area contributed by atoms with Gasteiger partial charge in [-0.2, -0.15) is 0 Å². The third-order valence-electron chi connectivity index (χ3n) is 4.55. The van der Waals surface area contributed by atoms with E-state index in [-0.39, 0.29) is 11.1 Å². The number of hydrogen-bond donors (Lipinski definition) is 0. The number of halogens is 2. The summed E-state index contributed by atoms with van der Waals surface area (Å²) in [5, 5.41) is 0. The molecule has 0 bridgehead atoms. The van der Waals surface area contributed by atoms with Gasteiger partial charge in [-0.1, -0.05) is 82.0 Å². The highest BCUT2D eigenvalue weighted by molar-refractivity contribution is 5.84. The molecular formula is C24H26F2. The van der Waals surface area contributed by atoms with Gasteiger partial charge in [-0.3, -0.25) is 0 Å². The fourth-order valence-corrected chi connectivity index (χ4v) is 2.71. The maximum Gasteiger partial charge on any atom is 0.166 e. The van der Waals surface area contributed by atoms with Crippen molar-refractivity contribution in [1.29, 1.82) is 0 Å². The molecule has 136 valence electrons. The molecule has 0 radical (unpaired) electrons. The summed E-state index contributed by atoms with van der Waals surface area (Å²) in [5.74, 6) is -1.93. The molecule has 0 N–H and O–H groups in total. The van der Waals surface area contributed by atoms with Crippen molar-refractivity contribution < 1.29 is 8.78 Å². The minimum atomic E-state index is -0.964. The Morgan fingerprint density at radius 3 is 1.54 bits per heavy atom. The van der Waals surface area contributed by atoms with E-state index in [0.29, 0.717) is 11.1 Å². The largest absolute Gasteiger partial charge is 0.203 e. The molecule has 26 heavy (non-hydrogen) atoms. The molecule has 0 aliphatic heterocycles. The van der Waals surface area contributed by atoms with Gasteiger partial charge in [0.1, 0.15) is 0 Å². The number of unbranched alkanes of at least 4 members (excludes halogenated alkanes) is 1. The monoisotopic (exact) mass is 352 g/mol. The van der Waals surface area contributed by atoms with Gasteiger partial charge in [-0.05, 0) is 41.5 Å². The van der Waals surface area contributed by atoms with Crippen molar-refractivity contribution in [2.75, 3.05) is 0 Å². The number of rotatable bonds is 8. The van der Waals surface area contributed by atoms with Crippen LogP contribution in [0.15, 0.2) is 73.3 Å². The third kappa shape index (κ3) is 4.78. The molecule has 2 aromatic rings. The lowest BCUT2D eigenvalue weighted by molar-refractivity contribution is 0.583. The van der Waals surface area contributed by atoms with Crippen LogP contribution >= 0.6 is 0 Å². The molecule has 0 unspecified atom stereocenters. The summed E-state index contributed by atoms with van der Waals surface area (Å²) in [6.45, 7) is 11.6. The molecule has 0 aliphatic rings. The van der Waals surface area contributed by atoms with Crippen LogP contribution in [-0.2, 0) is 12.8 Å². The van der Waals surface area contributed by atoms with E-state index in [0.717, 1.165) is 31.2 Å². The van der Waals surface area contributed by atoms with Crippen LogP contribution in [-0.4, -0.2) is 0 Å². The first-order chi connectivity index (χ1) is 12.5. The predicted molar refractivity (Wildman–Crippen MR) is 108 cm³/mol. The molecule has 0 amide bonds. The first kappa shape index (κ1) is 19.8. The Labute approximate surface area is 155 Å². The molecule has 2 heteroatoms. The van der Waals surface area contributed by atoms with Gasteiger partial charge < -0.3 is 0 Å². The summed E-state index contributed by atoms with van der Waals surface area (Å²) in [4.78, 5) is 0. The van der Waals surface area contributed by atoms with Crippen LogP contribution in [0, 0.1) is 0 Å². The highest BCUT2D eigenvalue weighted by Crippen LogP contribution is 2.32. The SMILES string of the molecule is C=C(/C(F)=C(/F)C(=C)c1ccc(CCCC)cc1)c1ccc(CC)cc1. The Morgan fingerprint density at radius 2 is 1.15 bits per heavy atom. The highest BCUT2D eigenvalue weighted by Gasteiger charge is 2.16. The summed E-state index contributed by atoms with van der Waals surface area (Å²) in [6.07, 6.45) is 4.11. The average Bonchev–Trinajstić information content (AvgIpc) is 2.70. The highest BCUT2D eigenvalue weighted by atomic mass is 19.2. The lowest BCUT2D eigenvalue weighted by atomic mass is 9.99. The van der Waals surface area contributed by atoms with Crippen LogP contribution in [0.5, 0.6) is 0 Å². The van der Waals surface area contributed by atoms with Crippen molar-refractivity contribution in [2.24, 2.45) is 0 Å². The van der Waals surface area contributed by atoms with E-state index in [1.54, 1.807) is 24.3 Å². The fourth-order valence-electron chi connectivity index (χ4n) is 2.71. The van der Waals surface area contributed by atoms with E-state index in [4.69, 9.17) is 0 Å². The number of allylic oxidation sites excluding steroid dienone is 4. The van der Waals surface area contributed by atoms with Gasteiger partial charge in [0.2, 0.25) is 0 Å². The molecule has 0 fully saturated rings. The van der Waals surface area contributed by atoms with E-state index < -0.39 is 11.7 Å². The van der Waals surface area contributed by atoms with Crippen molar-refractivity contribution in [3.63, 3.8) is 0 Å². The van der Waals surface area contributed by atoms with Crippen molar-refractivity contribution in [1.82, 2.24) is 0 Å². The van der Waals surface area contributed by atoms with Crippen LogP contribution in [0.1, 0.15) is 48.9 Å². The molecule has 0 saturated heterocycles. The van der Waals surface area contributed by atoms with Gasteiger partial charge >= 0.3 is 0 Å². The number of aryl methyl sites for hydroxylation is 2. The van der Waals surface area contributed by atoms with Gasteiger partial charge in [0, 0.05) is 11.1 Å². The maximum atomic E-state index is 14.6. The fraction of sp³-hybridized carbons (Fsp3) is 0.250. The Balaban J connectivity index is 2.19. The van der Waals surface area contributed by atoms with Crippen LogP contribution in [0.4, 0.5) is 8.78 Å². The zero-order valence-corrected chi connectivity index (χ0v) is 15.6. The van der Waals surface area contributed by atoms with Crippen LogP contribution < -0.4 is 0 Å². The van der Waals surface area contributed by atoms with E-state index in [9.17, 15) is 8.78 Å².